The molecule has 10 heavy (non-hydrogen) atoms. The van der Waals surface area contributed by atoms with Crippen molar-refractivity contribution in [3.05, 3.63) is 35.4 Å². The summed E-state index contributed by atoms with van der Waals surface area (Å²) in [6.45, 7) is 1.53. The van der Waals surface area contributed by atoms with Crippen molar-refractivity contribution in [3.63, 3.8) is 0 Å². The SMILES string of the molecule is C.Cc1cccc(F)c1F. The summed E-state index contributed by atoms with van der Waals surface area (Å²) >= 11 is 0. The first-order valence-corrected chi connectivity index (χ1v) is 2.62. The Labute approximate surface area is 59.5 Å². The van der Waals surface area contributed by atoms with E-state index in [-0.39, 0.29) is 7.43 Å². The molecule has 0 saturated heterocycles. The lowest BCUT2D eigenvalue weighted by Gasteiger charge is -1.93. The maximum absolute atomic E-state index is 12.4. The minimum absolute atomic E-state index is 0. The number of halogens is 2. The molecule has 1 aromatic carbocycles. The van der Waals surface area contributed by atoms with Crippen LogP contribution in [0, 0.1) is 18.6 Å². The Morgan fingerprint density at radius 1 is 1.20 bits per heavy atom. The van der Waals surface area contributed by atoms with Crippen LogP contribution in [0.25, 0.3) is 0 Å². The molecule has 0 bridgehead atoms. The van der Waals surface area contributed by atoms with Crippen LogP contribution < -0.4 is 0 Å². The summed E-state index contributed by atoms with van der Waals surface area (Å²) < 4.78 is 24.6. The van der Waals surface area contributed by atoms with Gasteiger partial charge in [0.05, 0.1) is 0 Å². The summed E-state index contributed by atoms with van der Waals surface area (Å²) in [6.07, 6.45) is 0. The molecule has 0 saturated carbocycles. The summed E-state index contributed by atoms with van der Waals surface area (Å²) in [6, 6.07) is 4.11. The average molecular weight is 144 g/mol. The fourth-order valence-corrected chi connectivity index (χ4v) is 0.612. The maximum Gasteiger partial charge on any atom is 0.161 e. The van der Waals surface area contributed by atoms with Gasteiger partial charge in [0.2, 0.25) is 0 Å². The van der Waals surface area contributed by atoms with E-state index >= 15 is 0 Å². The van der Waals surface area contributed by atoms with E-state index in [0.717, 1.165) is 6.07 Å². The zero-order valence-corrected chi connectivity index (χ0v) is 4.99. The lowest BCUT2D eigenvalue weighted by molar-refractivity contribution is 0.503. The van der Waals surface area contributed by atoms with Crippen molar-refractivity contribution < 1.29 is 8.78 Å². The average Bonchev–Trinajstić information content (AvgIpc) is 1.83. The molecule has 0 aliphatic rings. The van der Waals surface area contributed by atoms with Crippen LogP contribution in [0.15, 0.2) is 18.2 Å². The molecule has 0 heterocycles. The highest BCUT2D eigenvalue weighted by molar-refractivity contribution is 5.16. The second-order valence-corrected chi connectivity index (χ2v) is 1.87. The predicted molar refractivity (Wildman–Crippen MR) is 37.8 cm³/mol. The van der Waals surface area contributed by atoms with Gasteiger partial charge in [-0.05, 0) is 18.6 Å². The highest BCUT2D eigenvalue weighted by Gasteiger charge is 2.00. The van der Waals surface area contributed by atoms with Crippen LogP contribution in [0.1, 0.15) is 13.0 Å². The van der Waals surface area contributed by atoms with Gasteiger partial charge in [-0.1, -0.05) is 19.6 Å². The Hall–Kier alpha value is -0.920. The molecule has 1 aromatic rings. The molecule has 0 unspecified atom stereocenters. The Balaban J connectivity index is 0.000000810. The van der Waals surface area contributed by atoms with Gasteiger partial charge >= 0.3 is 0 Å². The van der Waals surface area contributed by atoms with Crippen LogP contribution in [0.3, 0.4) is 0 Å². The van der Waals surface area contributed by atoms with E-state index < -0.39 is 11.6 Å². The molecule has 0 aromatic heterocycles. The summed E-state index contributed by atoms with van der Waals surface area (Å²) in [5.74, 6) is -1.53. The van der Waals surface area contributed by atoms with Crippen molar-refractivity contribution >= 4 is 0 Å². The van der Waals surface area contributed by atoms with E-state index in [1.807, 2.05) is 0 Å². The molecule has 0 fully saturated rings. The van der Waals surface area contributed by atoms with Gasteiger partial charge < -0.3 is 0 Å². The fraction of sp³-hybridized carbons (Fsp3) is 0.250. The van der Waals surface area contributed by atoms with Gasteiger partial charge in [-0.25, -0.2) is 8.78 Å². The van der Waals surface area contributed by atoms with E-state index in [1.54, 1.807) is 0 Å². The zero-order chi connectivity index (χ0) is 6.85. The van der Waals surface area contributed by atoms with Gasteiger partial charge in [-0.2, -0.15) is 0 Å². The van der Waals surface area contributed by atoms with E-state index in [4.69, 9.17) is 0 Å². The van der Waals surface area contributed by atoms with E-state index in [2.05, 4.69) is 0 Å². The fourth-order valence-electron chi connectivity index (χ4n) is 0.612. The Morgan fingerprint density at radius 2 is 1.80 bits per heavy atom. The summed E-state index contributed by atoms with van der Waals surface area (Å²) in [7, 11) is 0. The van der Waals surface area contributed by atoms with Crippen molar-refractivity contribution in [1.29, 1.82) is 0 Å². The highest BCUT2D eigenvalue weighted by Crippen LogP contribution is 2.08. The summed E-state index contributed by atoms with van der Waals surface area (Å²) in [4.78, 5) is 0. The molecule has 0 N–H and O–H groups in total. The van der Waals surface area contributed by atoms with Crippen LogP contribution in [0.5, 0.6) is 0 Å². The second-order valence-electron chi connectivity index (χ2n) is 1.87. The van der Waals surface area contributed by atoms with Gasteiger partial charge in [0.1, 0.15) is 0 Å². The second kappa shape index (κ2) is 3.30. The molecule has 0 nitrogen and oxygen atoms in total. The minimum atomic E-state index is -0.782. The lowest BCUT2D eigenvalue weighted by Crippen LogP contribution is -1.85. The van der Waals surface area contributed by atoms with Crippen molar-refractivity contribution in [2.75, 3.05) is 0 Å². The van der Waals surface area contributed by atoms with Gasteiger partial charge in [0.15, 0.2) is 11.6 Å². The monoisotopic (exact) mass is 144 g/mol. The first-order valence-electron chi connectivity index (χ1n) is 2.62. The van der Waals surface area contributed by atoms with Crippen molar-refractivity contribution in [2.24, 2.45) is 0 Å². The number of benzene rings is 1. The summed E-state index contributed by atoms with van der Waals surface area (Å²) in [5, 5.41) is 0. The van der Waals surface area contributed by atoms with Gasteiger partial charge in [-0.3, -0.25) is 0 Å². The van der Waals surface area contributed by atoms with Gasteiger partial charge in [0.25, 0.3) is 0 Å². The van der Waals surface area contributed by atoms with Crippen molar-refractivity contribution in [3.8, 4) is 0 Å². The van der Waals surface area contributed by atoms with Crippen LogP contribution >= 0.6 is 0 Å². The Kier molecular flexibility index (Phi) is 3.00. The number of hydrogen-bond donors (Lipinski definition) is 0. The third kappa shape index (κ3) is 1.53. The molecule has 1 rings (SSSR count). The number of hydrogen-bond acceptors (Lipinski definition) is 0. The number of aryl methyl sites for hydroxylation is 1. The molecule has 0 atom stereocenters. The molecule has 0 radical (unpaired) electrons. The smallest absolute Gasteiger partial charge is 0.161 e. The van der Waals surface area contributed by atoms with Gasteiger partial charge in [0, 0.05) is 0 Å². The largest absolute Gasteiger partial charge is 0.204 e. The lowest BCUT2D eigenvalue weighted by atomic mass is 10.2. The third-order valence-electron chi connectivity index (χ3n) is 1.14. The molecule has 0 aliphatic heterocycles. The first-order chi connectivity index (χ1) is 4.22. The molecule has 2 heteroatoms. The quantitative estimate of drug-likeness (QED) is 0.525. The molecule has 56 valence electrons. The van der Waals surface area contributed by atoms with E-state index in [9.17, 15) is 8.78 Å². The topological polar surface area (TPSA) is 0 Å². The molecule has 0 aliphatic carbocycles. The van der Waals surface area contributed by atoms with Crippen molar-refractivity contribution in [2.45, 2.75) is 14.4 Å². The van der Waals surface area contributed by atoms with Crippen molar-refractivity contribution in [1.82, 2.24) is 0 Å². The summed E-state index contributed by atoms with van der Waals surface area (Å²) in [5.41, 5.74) is 0.343. The third-order valence-corrected chi connectivity index (χ3v) is 1.14. The van der Waals surface area contributed by atoms with Crippen LogP contribution in [-0.2, 0) is 0 Å². The standard InChI is InChI=1S/C7H6F2.CH4/c1-5-3-2-4-6(8)7(5)9;/h2-4H,1H3;1H4. The normalized spacial score (nSPS) is 8.70. The van der Waals surface area contributed by atoms with E-state index in [0.29, 0.717) is 5.56 Å². The van der Waals surface area contributed by atoms with E-state index in [1.165, 1.54) is 19.1 Å². The Morgan fingerprint density at radius 3 is 2.20 bits per heavy atom. The van der Waals surface area contributed by atoms with Gasteiger partial charge in [-0.15, -0.1) is 0 Å². The molecular formula is C8H10F2. The molecule has 0 amide bonds. The molecule has 0 spiro atoms. The molecular weight excluding hydrogens is 134 g/mol. The minimum Gasteiger partial charge on any atom is -0.204 e. The number of rotatable bonds is 0. The first kappa shape index (κ1) is 9.08. The van der Waals surface area contributed by atoms with Crippen LogP contribution in [-0.4, -0.2) is 0 Å². The Bertz CT molecular complexity index is 198. The van der Waals surface area contributed by atoms with Crippen LogP contribution in [0.2, 0.25) is 0 Å². The maximum atomic E-state index is 12.4. The zero-order valence-electron chi connectivity index (χ0n) is 4.99. The highest BCUT2D eigenvalue weighted by atomic mass is 19.2. The predicted octanol–water partition coefficient (Wildman–Crippen LogP) is 2.91. The van der Waals surface area contributed by atoms with Crippen LogP contribution in [0.4, 0.5) is 8.78 Å².